The lowest BCUT2D eigenvalue weighted by Crippen LogP contribution is -2.35. The molecule has 0 saturated heterocycles. The number of methoxy groups -OCH3 is 2. The van der Waals surface area contributed by atoms with Gasteiger partial charge in [0.1, 0.15) is 5.75 Å². The third kappa shape index (κ3) is 4.57. The molecule has 0 aliphatic rings. The second-order valence-electron chi connectivity index (χ2n) is 5.45. The van der Waals surface area contributed by atoms with Crippen molar-refractivity contribution in [1.82, 2.24) is 5.32 Å². The lowest BCUT2D eigenvalue weighted by molar-refractivity contribution is -0.123. The largest absolute Gasteiger partial charge is 0.496 e. The average molecular weight is 328 g/mol. The molecule has 0 aliphatic carbocycles. The molecule has 0 aromatic heterocycles. The molecule has 0 aliphatic heterocycles. The summed E-state index contributed by atoms with van der Waals surface area (Å²) in [6, 6.07) is 17.2. The molecule has 2 rings (SSSR count). The predicted molar refractivity (Wildman–Crippen MR) is 93.9 cm³/mol. The van der Waals surface area contributed by atoms with Crippen molar-refractivity contribution in [2.45, 2.75) is 18.6 Å². The Kier molecular flexibility index (Phi) is 6.78. The fourth-order valence-electron chi connectivity index (χ4n) is 2.58. The summed E-state index contributed by atoms with van der Waals surface area (Å²) in [5.41, 5.74) is 7.49. The number of ether oxygens (including phenoxy) is 2. The van der Waals surface area contributed by atoms with Gasteiger partial charge in [-0.05, 0) is 11.6 Å². The summed E-state index contributed by atoms with van der Waals surface area (Å²) >= 11 is 0. The van der Waals surface area contributed by atoms with Crippen LogP contribution >= 0.6 is 0 Å². The number of carbonyl (C=O) groups is 1. The van der Waals surface area contributed by atoms with E-state index in [1.54, 1.807) is 14.2 Å². The summed E-state index contributed by atoms with van der Waals surface area (Å²) in [5, 5.41) is 3.07. The van der Waals surface area contributed by atoms with Crippen LogP contribution in [0.25, 0.3) is 0 Å². The first-order valence-corrected chi connectivity index (χ1v) is 7.89. The maximum absolute atomic E-state index is 12.4. The highest BCUT2D eigenvalue weighted by Gasteiger charge is 2.21. The summed E-state index contributed by atoms with van der Waals surface area (Å²) in [5.74, 6) is 0.612. The fraction of sp³-hybridized carbons (Fsp3) is 0.316. The molecule has 0 spiro atoms. The van der Waals surface area contributed by atoms with Gasteiger partial charge < -0.3 is 20.5 Å². The minimum Gasteiger partial charge on any atom is -0.496 e. The smallest absolute Gasteiger partial charge is 0.223 e. The number of rotatable bonds is 8. The highest BCUT2D eigenvalue weighted by molar-refractivity contribution is 5.77. The second-order valence-corrected chi connectivity index (χ2v) is 5.45. The number of carbonyl (C=O) groups excluding carboxylic acids is 1. The molecular weight excluding hydrogens is 304 g/mol. The van der Waals surface area contributed by atoms with Gasteiger partial charge in [0.2, 0.25) is 5.91 Å². The zero-order valence-corrected chi connectivity index (χ0v) is 14.1. The van der Waals surface area contributed by atoms with Crippen LogP contribution in [0, 0.1) is 0 Å². The number of para-hydroxylation sites is 1. The Morgan fingerprint density at radius 1 is 1.08 bits per heavy atom. The first-order valence-electron chi connectivity index (χ1n) is 7.89. The van der Waals surface area contributed by atoms with Gasteiger partial charge in [-0.15, -0.1) is 0 Å². The van der Waals surface area contributed by atoms with Crippen LogP contribution in [-0.4, -0.2) is 32.8 Å². The zero-order chi connectivity index (χ0) is 17.4. The first kappa shape index (κ1) is 18.0. The van der Waals surface area contributed by atoms with Gasteiger partial charge in [-0.1, -0.05) is 48.5 Å². The van der Waals surface area contributed by atoms with Gasteiger partial charge >= 0.3 is 0 Å². The quantitative estimate of drug-likeness (QED) is 0.779. The molecule has 3 N–H and O–H groups in total. The SMILES string of the molecule is COc1ccccc1C(NC(=O)CC(CN)OC)c1ccccc1. The normalized spacial score (nSPS) is 13.1. The van der Waals surface area contributed by atoms with Gasteiger partial charge in [0, 0.05) is 19.2 Å². The van der Waals surface area contributed by atoms with Gasteiger partial charge in [-0.3, -0.25) is 4.79 Å². The molecule has 1 amide bonds. The topological polar surface area (TPSA) is 73.6 Å². The monoisotopic (exact) mass is 328 g/mol. The molecule has 0 fully saturated rings. The van der Waals surface area contributed by atoms with Crippen molar-refractivity contribution in [2.24, 2.45) is 5.73 Å². The van der Waals surface area contributed by atoms with E-state index in [-0.39, 0.29) is 24.5 Å². The molecule has 0 bridgehead atoms. The van der Waals surface area contributed by atoms with Gasteiger partial charge in [0.15, 0.2) is 0 Å². The van der Waals surface area contributed by atoms with E-state index >= 15 is 0 Å². The van der Waals surface area contributed by atoms with Crippen LogP contribution in [0.5, 0.6) is 5.75 Å². The van der Waals surface area contributed by atoms with E-state index < -0.39 is 0 Å². The van der Waals surface area contributed by atoms with Crippen LogP contribution < -0.4 is 15.8 Å². The zero-order valence-electron chi connectivity index (χ0n) is 14.1. The molecule has 128 valence electrons. The number of hydrogen-bond acceptors (Lipinski definition) is 4. The third-order valence-electron chi connectivity index (χ3n) is 3.90. The van der Waals surface area contributed by atoms with E-state index in [1.807, 2.05) is 54.6 Å². The van der Waals surface area contributed by atoms with E-state index in [4.69, 9.17) is 15.2 Å². The Hall–Kier alpha value is -2.37. The molecule has 2 unspecified atom stereocenters. The maximum atomic E-state index is 12.4. The lowest BCUT2D eigenvalue weighted by atomic mass is 9.97. The predicted octanol–water partition coefficient (Wildman–Crippen LogP) is 2.26. The van der Waals surface area contributed by atoms with Crippen molar-refractivity contribution in [3.63, 3.8) is 0 Å². The van der Waals surface area contributed by atoms with E-state index in [0.29, 0.717) is 6.54 Å². The standard InChI is InChI=1S/C19H24N2O3/c1-23-15(13-20)12-18(22)21-19(14-8-4-3-5-9-14)16-10-6-7-11-17(16)24-2/h3-11,15,19H,12-13,20H2,1-2H3,(H,21,22). The highest BCUT2D eigenvalue weighted by atomic mass is 16.5. The fourth-order valence-corrected chi connectivity index (χ4v) is 2.58. The van der Waals surface area contributed by atoms with Gasteiger partial charge in [-0.2, -0.15) is 0 Å². The number of nitrogens with one attached hydrogen (secondary N) is 1. The number of amides is 1. The van der Waals surface area contributed by atoms with Crippen molar-refractivity contribution in [3.8, 4) is 5.75 Å². The molecule has 0 radical (unpaired) electrons. The molecular formula is C19H24N2O3. The third-order valence-corrected chi connectivity index (χ3v) is 3.90. The summed E-state index contributed by atoms with van der Waals surface area (Å²) in [6.07, 6.45) is -0.0787. The van der Waals surface area contributed by atoms with Crippen molar-refractivity contribution in [2.75, 3.05) is 20.8 Å². The molecule has 5 nitrogen and oxygen atoms in total. The molecule has 24 heavy (non-hydrogen) atoms. The van der Waals surface area contributed by atoms with Gasteiger partial charge in [-0.25, -0.2) is 0 Å². The van der Waals surface area contributed by atoms with Crippen molar-refractivity contribution in [1.29, 1.82) is 0 Å². The summed E-state index contributed by atoms with van der Waals surface area (Å²) in [6.45, 7) is 0.300. The molecule has 0 saturated carbocycles. The average Bonchev–Trinajstić information content (AvgIpc) is 2.64. The Balaban J connectivity index is 2.29. The van der Waals surface area contributed by atoms with Crippen molar-refractivity contribution < 1.29 is 14.3 Å². The Morgan fingerprint density at radius 3 is 2.38 bits per heavy atom. The van der Waals surface area contributed by atoms with E-state index in [1.165, 1.54) is 0 Å². The summed E-state index contributed by atoms with van der Waals surface area (Å²) in [7, 11) is 3.18. The molecule has 0 heterocycles. The Labute approximate surface area is 142 Å². The van der Waals surface area contributed by atoms with Crippen LogP contribution in [0.4, 0.5) is 0 Å². The van der Waals surface area contributed by atoms with E-state index in [9.17, 15) is 4.79 Å². The van der Waals surface area contributed by atoms with Crippen LogP contribution in [-0.2, 0) is 9.53 Å². The molecule has 2 aromatic carbocycles. The summed E-state index contributed by atoms with van der Waals surface area (Å²) in [4.78, 5) is 12.4. The Bertz CT molecular complexity index is 642. The van der Waals surface area contributed by atoms with Crippen LogP contribution in [0.3, 0.4) is 0 Å². The Morgan fingerprint density at radius 2 is 1.75 bits per heavy atom. The van der Waals surface area contributed by atoms with Crippen LogP contribution in [0.15, 0.2) is 54.6 Å². The highest BCUT2D eigenvalue weighted by Crippen LogP contribution is 2.29. The van der Waals surface area contributed by atoms with Crippen LogP contribution in [0.1, 0.15) is 23.6 Å². The number of nitrogens with two attached hydrogens (primary N) is 1. The van der Waals surface area contributed by atoms with Gasteiger partial charge in [0.05, 0.1) is 25.7 Å². The molecule has 5 heteroatoms. The lowest BCUT2D eigenvalue weighted by Gasteiger charge is -2.23. The maximum Gasteiger partial charge on any atom is 0.223 e. The van der Waals surface area contributed by atoms with Crippen molar-refractivity contribution in [3.05, 3.63) is 65.7 Å². The first-order chi connectivity index (χ1) is 11.7. The number of hydrogen-bond donors (Lipinski definition) is 2. The molecule has 2 aromatic rings. The number of benzene rings is 2. The van der Waals surface area contributed by atoms with Gasteiger partial charge in [0.25, 0.3) is 0 Å². The second kappa shape index (κ2) is 9.05. The minimum absolute atomic E-state index is 0.118. The van der Waals surface area contributed by atoms with E-state index in [2.05, 4.69) is 5.32 Å². The molecule has 2 atom stereocenters. The minimum atomic E-state index is -0.301. The van der Waals surface area contributed by atoms with Crippen LogP contribution in [0.2, 0.25) is 0 Å². The van der Waals surface area contributed by atoms with Crippen molar-refractivity contribution >= 4 is 5.91 Å². The van der Waals surface area contributed by atoms with E-state index in [0.717, 1.165) is 16.9 Å². The summed E-state index contributed by atoms with van der Waals surface area (Å²) < 4.78 is 10.7.